The summed E-state index contributed by atoms with van der Waals surface area (Å²) in [6.45, 7) is 5.01. The monoisotopic (exact) mass is 657 g/mol. The van der Waals surface area contributed by atoms with E-state index in [0.717, 1.165) is 49.2 Å². The minimum Gasteiger partial charge on any atom is -0.436 e. The lowest BCUT2D eigenvalue weighted by Gasteiger charge is -2.39. The second kappa shape index (κ2) is 14.6. The summed E-state index contributed by atoms with van der Waals surface area (Å²) in [5.74, 6) is 1.17. The molecule has 9 nitrogen and oxygen atoms in total. The van der Waals surface area contributed by atoms with E-state index in [2.05, 4.69) is 10.6 Å². The van der Waals surface area contributed by atoms with Crippen LogP contribution in [0.1, 0.15) is 51.1 Å². The van der Waals surface area contributed by atoms with Crippen LogP contribution in [0.15, 0.2) is 42.5 Å². The number of carbonyl (C=O) groups excluding carboxylic acids is 3. The first-order valence-corrected chi connectivity index (χ1v) is 17.1. The fraction of sp³-hybridized carbons (Fsp3) is 0.559. The highest BCUT2D eigenvalue weighted by Crippen LogP contribution is 2.32. The topological polar surface area (TPSA) is 94.2 Å². The third-order valence-corrected chi connectivity index (χ3v) is 10.5. The summed E-state index contributed by atoms with van der Waals surface area (Å²) >= 11 is 12.5. The van der Waals surface area contributed by atoms with Crippen LogP contribution >= 0.6 is 23.2 Å². The van der Waals surface area contributed by atoms with E-state index in [1.54, 1.807) is 23.1 Å². The zero-order chi connectivity index (χ0) is 31.3. The Balaban J connectivity index is 0.00000417. The number of fused-ring (bicyclic) bond motifs is 1. The first-order chi connectivity index (χ1) is 21.8. The van der Waals surface area contributed by atoms with Crippen molar-refractivity contribution in [1.82, 2.24) is 20.0 Å². The molecule has 0 unspecified atom stereocenters. The summed E-state index contributed by atoms with van der Waals surface area (Å²) < 4.78 is 6.00. The van der Waals surface area contributed by atoms with Gasteiger partial charge in [-0.15, -0.1) is 0 Å². The number of hydrogen-bond donors (Lipinski definition) is 2. The molecule has 11 heteroatoms. The molecule has 0 aliphatic carbocycles. The highest BCUT2D eigenvalue weighted by Gasteiger charge is 2.36. The molecule has 0 bridgehead atoms. The van der Waals surface area contributed by atoms with Gasteiger partial charge in [0.1, 0.15) is 0 Å². The molecule has 6 rings (SSSR count). The van der Waals surface area contributed by atoms with Crippen molar-refractivity contribution < 1.29 is 20.5 Å². The maximum Gasteiger partial charge on any atom is 0.410 e. The number of likely N-dealkylation sites (tertiary alicyclic amines) is 2. The van der Waals surface area contributed by atoms with Gasteiger partial charge in [0.2, 0.25) is 0 Å². The normalized spacial score (nSPS) is 21.1. The van der Waals surface area contributed by atoms with Crippen molar-refractivity contribution in [1.29, 1.82) is 0 Å². The van der Waals surface area contributed by atoms with E-state index in [9.17, 15) is 14.4 Å². The minimum absolute atomic E-state index is 0. The van der Waals surface area contributed by atoms with Gasteiger partial charge in [-0.05, 0) is 105 Å². The summed E-state index contributed by atoms with van der Waals surface area (Å²) in [4.78, 5) is 45.9. The van der Waals surface area contributed by atoms with Gasteiger partial charge in [0.05, 0.1) is 0 Å². The van der Waals surface area contributed by atoms with Gasteiger partial charge in [0.25, 0.3) is 5.91 Å². The molecule has 4 aliphatic heterocycles. The summed E-state index contributed by atoms with van der Waals surface area (Å²) in [6.07, 6.45) is 5.13. The molecule has 1 atom stereocenters. The van der Waals surface area contributed by atoms with E-state index in [-0.39, 0.29) is 25.8 Å². The van der Waals surface area contributed by atoms with E-state index in [0.29, 0.717) is 67.4 Å². The molecule has 0 saturated carbocycles. The number of para-hydroxylation sites is 1. The molecule has 3 fully saturated rings. The van der Waals surface area contributed by atoms with Crippen molar-refractivity contribution >= 4 is 46.9 Å². The molecule has 45 heavy (non-hydrogen) atoms. The van der Waals surface area contributed by atoms with E-state index in [4.69, 9.17) is 27.9 Å². The molecular weight excluding hydrogens is 613 g/mol. The number of nitrogens with one attached hydrogen (secondary N) is 2. The van der Waals surface area contributed by atoms with Gasteiger partial charge in [-0.2, -0.15) is 0 Å². The fourth-order valence-corrected chi connectivity index (χ4v) is 8.10. The highest BCUT2D eigenvalue weighted by molar-refractivity contribution is 6.34. The SMILES string of the molecule is O=C(O[C@H](Cc1cc(Cl)cc(Cl)c1)C(=O)N1CCC(C2CCNCC2)CC1)N1CCC(N2CCc3ccccc3NC2=O)CC1.[HH]. The molecule has 0 spiro atoms. The minimum atomic E-state index is -0.977. The summed E-state index contributed by atoms with van der Waals surface area (Å²) in [5, 5.41) is 7.43. The predicted molar refractivity (Wildman–Crippen MR) is 178 cm³/mol. The molecule has 4 aliphatic rings. The van der Waals surface area contributed by atoms with Gasteiger partial charge in [-0.25, -0.2) is 9.59 Å². The quantitative estimate of drug-likeness (QED) is 0.393. The fourth-order valence-electron chi connectivity index (χ4n) is 7.53. The lowest BCUT2D eigenvalue weighted by atomic mass is 9.79. The van der Waals surface area contributed by atoms with E-state index >= 15 is 0 Å². The largest absolute Gasteiger partial charge is 0.436 e. The number of rotatable bonds is 6. The molecule has 244 valence electrons. The third kappa shape index (κ3) is 7.87. The van der Waals surface area contributed by atoms with Gasteiger partial charge in [0.15, 0.2) is 6.10 Å². The Bertz CT molecular complexity index is 1360. The summed E-state index contributed by atoms with van der Waals surface area (Å²) in [7, 11) is 0. The smallest absolute Gasteiger partial charge is 0.410 e. The van der Waals surface area contributed by atoms with Crippen LogP contribution in [-0.2, 0) is 22.4 Å². The first kappa shape index (κ1) is 32.0. The third-order valence-electron chi connectivity index (χ3n) is 10.1. The van der Waals surface area contributed by atoms with Crippen molar-refractivity contribution in [3.63, 3.8) is 0 Å². The number of ether oxygens (including phenoxy) is 1. The number of piperidine rings is 3. The van der Waals surface area contributed by atoms with Gasteiger partial charge in [-0.3, -0.25) is 4.79 Å². The molecular formula is C34H45Cl2N5O4. The average Bonchev–Trinajstić information content (AvgIpc) is 3.22. The molecule has 0 aromatic heterocycles. The molecule has 2 aromatic carbocycles. The van der Waals surface area contributed by atoms with Gasteiger partial charge in [0, 0.05) is 62.3 Å². The average molecular weight is 659 g/mol. The lowest BCUT2D eigenvalue weighted by Crippen LogP contribution is -2.52. The molecule has 2 aromatic rings. The van der Waals surface area contributed by atoms with E-state index < -0.39 is 12.2 Å². The van der Waals surface area contributed by atoms with Crippen LogP contribution in [0.3, 0.4) is 0 Å². The van der Waals surface area contributed by atoms with E-state index in [1.165, 1.54) is 12.8 Å². The zero-order valence-corrected chi connectivity index (χ0v) is 27.2. The van der Waals surface area contributed by atoms with Gasteiger partial charge < -0.3 is 30.1 Å². The number of urea groups is 1. The van der Waals surface area contributed by atoms with Crippen molar-refractivity contribution in [3.05, 3.63) is 63.6 Å². The second-order valence-electron chi connectivity index (χ2n) is 12.9. The maximum absolute atomic E-state index is 13.9. The van der Waals surface area contributed by atoms with E-state index in [1.807, 2.05) is 34.1 Å². The Morgan fingerprint density at radius 2 is 1.51 bits per heavy atom. The zero-order valence-electron chi connectivity index (χ0n) is 25.7. The number of carbonyl (C=O) groups is 3. The summed E-state index contributed by atoms with van der Waals surface area (Å²) in [6, 6.07) is 13.0. The van der Waals surface area contributed by atoms with Crippen LogP contribution in [0.25, 0.3) is 0 Å². The number of nitrogens with zero attached hydrogens (tertiary/aromatic N) is 3. The number of anilines is 1. The van der Waals surface area contributed by atoms with Crippen molar-refractivity contribution in [2.75, 3.05) is 51.1 Å². The first-order valence-electron chi connectivity index (χ1n) is 16.4. The number of hydrogen-bond acceptors (Lipinski definition) is 5. The number of halogens is 2. The van der Waals surface area contributed by atoms with Crippen molar-refractivity contribution in [3.8, 4) is 0 Å². The predicted octanol–water partition coefficient (Wildman–Crippen LogP) is 6.08. The molecule has 3 saturated heterocycles. The number of amides is 4. The Hall–Kier alpha value is -3.01. The lowest BCUT2D eigenvalue weighted by molar-refractivity contribution is -0.142. The Kier molecular flexibility index (Phi) is 10.4. The van der Waals surface area contributed by atoms with Crippen LogP contribution in [0, 0.1) is 11.8 Å². The number of benzene rings is 2. The van der Waals surface area contributed by atoms with Crippen LogP contribution in [-0.4, -0.2) is 90.7 Å². The highest BCUT2D eigenvalue weighted by atomic mass is 35.5. The van der Waals surface area contributed by atoms with Gasteiger partial charge >= 0.3 is 12.1 Å². The molecule has 4 heterocycles. The van der Waals surface area contributed by atoms with Gasteiger partial charge in [-0.1, -0.05) is 41.4 Å². The van der Waals surface area contributed by atoms with Crippen LogP contribution in [0.4, 0.5) is 15.3 Å². The summed E-state index contributed by atoms with van der Waals surface area (Å²) in [5.41, 5.74) is 2.73. The van der Waals surface area contributed by atoms with Crippen molar-refractivity contribution in [2.45, 2.75) is 63.5 Å². The standard InChI is InChI=1S/C34H43Cl2N5O4.H2/c35-27-19-23(20-28(36)22-27)21-31(32(42)39-14-7-25(8-15-39)24-5-12-37-13-6-24)45-34(44)40-16-10-29(11-17-40)41-18-9-26-3-1-2-4-30(26)38-33(41)43;/h1-4,19-20,22,24-25,29,31,37H,5-18,21H2,(H,38,43);1H/t31-;/m1./s1. The Labute approximate surface area is 277 Å². The van der Waals surface area contributed by atoms with Crippen LogP contribution in [0.5, 0.6) is 0 Å². The van der Waals surface area contributed by atoms with Crippen molar-refractivity contribution in [2.24, 2.45) is 11.8 Å². The van der Waals surface area contributed by atoms with Crippen LogP contribution in [0.2, 0.25) is 10.0 Å². The molecule has 4 amide bonds. The Morgan fingerprint density at radius 3 is 2.22 bits per heavy atom. The second-order valence-corrected chi connectivity index (χ2v) is 13.7. The molecule has 2 N–H and O–H groups in total. The molecule has 0 radical (unpaired) electrons. The maximum atomic E-state index is 13.9. The van der Waals surface area contributed by atoms with Crippen LogP contribution < -0.4 is 10.6 Å². The Morgan fingerprint density at radius 1 is 0.867 bits per heavy atom.